The maximum atomic E-state index is 13.6. The van der Waals surface area contributed by atoms with Gasteiger partial charge in [-0.1, -0.05) is 11.6 Å². The van der Waals surface area contributed by atoms with Crippen LogP contribution in [-0.2, 0) is 4.74 Å². The molecule has 0 unspecified atom stereocenters. The van der Waals surface area contributed by atoms with Gasteiger partial charge in [0.15, 0.2) is 11.0 Å². The van der Waals surface area contributed by atoms with E-state index in [2.05, 4.69) is 20.3 Å². The van der Waals surface area contributed by atoms with Gasteiger partial charge < -0.3 is 4.74 Å². The topological polar surface area (TPSA) is 86.0 Å². The molecule has 3 heterocycles. The van der Waals surface area contributed by atoms with Crippen molar-refractivity contribution in [1.29, 1.82) is 0 Å². The first-order chi connectivity index (χ1) is 16.1. The number of benzene rings is 1. The van der Waals surface area contributed by atoms with E-state index in [1.165, 1.54) is 17.0 Å². The first-order valence-corrected chi connectivity index (χ1v) is 10.8. The number of amides is 1. The molecule has 34 heavy (non-hydrogen) atoms. The van der Waals surface area contributed by atoms with Crippen LogP contribution in [0, 0.1) is 5.82 Å². The first-order valence-electron chi connectivity index (χ1n) is 10.4. The Hall–Kier alpha value is -3.85. The summed E-state index contributed by atoms with van der Waals surface area (Å²) in [7, 11) is 1.59. The van der Waals surface area contributed by atoms with E-state index in [4.69, 9.17) is 16.3 Å². The molecule has 1 amide bonds. The van der Waals surface area contributed by atoms with Gasteiger partial charge in [0.25, 0.3) is 0 Å². The molecular formula is C24H22ClFN6O2. The number of hydrogen-bond donors (Lipinski definition) is 0. The largest absolute Gasteiger partial charge is 0.443 e. The van der Waals surface area contributed by atoms with E-state index in [-0.39, 0.29) is 11.0 Å². The molecule has 1 aromatic carbocycles. The summed E-state index contributed by atoms with van der Waals surface area (Å²) in [4.78, 5) is 18.2. The Kier molecular flexibility index (Phi) is 6.30. The van der Waals surface area contributed by atoms with Crippen LogP contribution in [0.4, 0.5) is 15.0 Å². The molecule has 10 heteroatoms. The number of hydrogen-bond acceptors (Lipinski definition) is 6. The molecule has 4 rings (SSSR count). The van der Waals surface area contributed by atoms with Gasteiger partial charge in [-0.15, -0.1) is 10.2 Å². The summed E-state index contributed by atoms with van der Waals surface area (Å²) < 4.78 is 20.6. The van der Waals surface area contributed by atoms with Crippen molar-refractivity contribution in [2.75, 3.05) is 11.9 Å². The van der Waals surface area contributed by atoms with Crippen molar-refractivity contribution in [3.8, 4) is 28.2 Å². The zero-order valence-corrected chi connectivity index (χ0v) is 19.8. The normalized spacial score (nSPS) is 11.4. The fourth-order valence-electron chi connectivity index (χ4n) is 3.15. The van der Waals surface area contributed by atoms with Crippen molar-refractivity contribution in [2.24, 2.45) is 0 Å². The summed E-state index contributed by atoms with van der Waals surface area (Å²) in [6.45, 7) is 5.39. The van der Waals surface area contributed by atoms with Gasteiger partial charge in [-0.25, -0.2) is 18.9 Å². The zero-order valence-electron chi connectivity index (χ0n) is 19.0. The standard InChI is InChI=1S/C24H22ClFN6O2/c1-24(2,3)34-23(33)31(4)21-13-16(11-12-27-21)18-14-32(20-10-9-19(25)28-29-20)30-22(18)15-5-7-17(26)8-6-15/h5-14H,1-4H3. The molecule has 0 atom stereocenters. The van der Waals surface area contributed by atoms with Crippen molar-refractivity contribution >= 4 is 23.5 Å². The number of aromatic nitrogens is 5. The number of nitrogens with zero attached hydrogens (tertiary/aromatic N) is 6. The second kappa shape index (κ2) is 9.18. The fourth-order valence-corrected chi connectivity index (χ4v) is 3.25. The van der Waals surface area contributed by atoms with Crippen LogP contribution in [-0.4, -0.2) is 43.7 Å². The number of halogens is 2. The van der Waals surface area contributed by atoms with Crippen LogP contribution in [0.5, 0.6) is 0 Å². The lowest BCUT2D eigenvalue weighted by molar-refractivity contribution is 0.0588. The van der Waals surface area contributed by atoms with Gasteiger partial charge in [-0.3, -0.25) is 4.90 Å². The average molecular weight is 481 g/mol. The molecule has 0 radical (unpaired) electrons. The highest BCUT2D eigenvalue weighted by Crippen LogP contribution is 2.33. The minimum Gasteiger partial charge on any atom is -0.443 e. The highest BCUT2D eigenvalue weighted by atomic mass is 35.5. The molecule has 0 aliphatic rings. The van der Waals surface area contributed by atoms with Gasteiger partial charge in [0.05, 0.1) is 0 Å². The summed E-state index contributed by atoms with van der Waals surface area (Å²) >= 11 is 5.87. The molecule has 0 saturated heterocycles. The molecule has 0 spiro atoms. The summed E-state index contributed by atoms with van der Waals surface area (Å²) in [6.07, 6.45) is 2.85. The molecule has 0 bridgehead atoms. The molecule has 0 N–H and O–H groups in total. The minimum atomic E-state index is -0.639. The summed E-state index contributed by atoms with van der Waals surface area (Å²) in [5.74, 6) is 0.508. The van der Waals surface area contributed by atoms with Crippen molar-refractivity contribution < 1.29 is 13.9 Å². The Morgan fingerprint density at radius 1 is 1.06 bits per heavy atom. The lowest BCUT2D eigenvalue weighted by atomic mass is 10.0. The third-order valence-electron chi connectivity index (χ3n) is 4.75. The molecule has 8 nitrogen and oxygen atoms in total. The Morgan fingerprint density at radius 2 is 1.79 bits per heavy atom. The van der Waals surface area contributed by atoms with Crippen LogP contribution >= 0.6 is 11.6 Å². The molecule has 4 aromatic rings. The summed E-state index contributed by atoms with van der Waals surface area (Å²) in [6, 6.07) is 12.9. The van der Waals surface area contributed by atoms with Crippen molar-refractivity contribution in [3.63, 3.8) is 0 Å². The Labute approximate surface area is 201 Å². The lowest BCUT2D eigenvalue weighted by Crippen LogP contribution is -2.34. The van der Waals surface area contributed by atoms with Crippen LogP contribution in [0.1, 0.15) is 20.8 Å². The molecule has 0 aliphatic carbocycles. The number of carbonyl (C=O) groups excluding carboxylic acids is 1. The number of rotatable bonds is 4. The predicted octanol–water partition coefficient (Wildman–Crippen LogP) is 5.56. The van der Waals surface area contributed by atoms with E-state index in [1.807, 2.05) is 0 Å². The number of ether oxygens (including phenoxy) is 1. The smallest absolute Gasteiger partial charge is 0.415 e. The SMILES string of the molecule is CN(C(=O)OC(C)(C)C)c1cc(-c2cn(-c3ccc(Cl)nn3)nc2-c2ccc(F)cc2)ccn1. The van der Waals surface area contributed by atoms with Crippen molar-refractivity contribution in [1.82, 2.24) is 25.0 Å². The number of carbonyl (C=O) groups is 1. The minimum absolute atomic E-state index is 0.263. The quantitative estimate of drug-likeness (QED) is 0.380. The number of pyridine rings is 1. The highest BCUT2D eigenvalue weighted by Gasteiger charge is 2.22. The molecular weight excluding hydrogens is 459 g/mol. The van der Waals surface area contributed by atoms with Crippen LogP contribution in [0.25, 0.3) is 28.2 Å². The Balaban J connectivity index is 1.78. The van der Waals surface area contributed by atoms with Gasteiger partial charge in [0.1, 0.15) is 22.9 Å². The van der Waals surface area contributed by atoms with Gasteiger partial charge in [0.2, 0.25) is 0 Å². The van der Waals surface area contributed by atoms with E-state index in [0.29, 0.717) is 22.9 Å². The maximum absolute atomic E-state index is 13.6. The average Bonchev–Trinajstić information content (AvgIpc) is 3.24. The summed E-state index contributed by atoms with van der Waals surface area (Å²) in [5, 5.41) is 12.9. The van der Waals surface area contributed by atoms with E-state index in [1.54, 1.807) is 81.3 Å². The predicted molar refractivity (Wildman–Crippen MR) is 127 cm³/mol. The number of anilines is 1. The Morgan fingerprint density at radius 3 is 2.44 bits per heavy atom. The van der Waals surface area contributed by atoms with E-state index < -0.39 is 11.7 Å². The van der Waals surface area contributed by atoms with Gasteiger partial charge in [-0.05, 0) is 74.9 Å². The van der Waals surface area contributed by atoms with E-state index >= 15 is 0 Å². The molecule has 174 valence electrons. The lowest BCUT2D eigenvalue weighted by Gasteiger charge is -2.24. The van der Waals surface area contributed by atoms with E-state index in [9.17, 15) is 9.18 Å². The molecule has 0 fully saturated rings. The van der Waals surface area contributed by atoms with Crippen LogP contribution < -0.4 is 4.90 Å². The van der Waals surface area contributed by atoms with E-state index in [0.717, 1.165) is 11.1 Å². The fraction of sp³-hybridized carbons (Fsp3) is 0.208. The van der Waals surface area contributed by atoms with Gasteiger partial charge in [-0.2, -0.15) is 5.10 Å². The van der Waals surface area contributed by atoms with Gasteiger partial charge in [0, 0.05) is 30.6 Å². The third kappa shape index (κ3) is 5.20. The summed E-state index contributed by atoms with van der Waals surface area (Å²) in [5.41, 5.74) is 2.13. The Bertz CT molecular complexity index is 1320. The van der Waals surface area contributed by atoms with Crippen LogP contribution in [0.3, 0.4) is 0 Å². The van der Waals surface area contributed by atoms with Crippen molar-refractivity contribution in [3.05, 3.63) is 71.9 Å². The highest BCUT2D eigenvalue weighted by molar-refractivity contribution is 6.29. The molecule has 0 aliphatic heterocycles. The first kappa shape index (κ1) is 23.3. The third-order valence-corrected chi connectivity index (χ3v) is 4.95. The second-order valence-electron chi connectivity index (χ2n) is 8.50. The van der Waals surface area contributed by atoms with Crippen LogP contribution in [0.15, 0.2) is 60.9 Å². The maximum Gasteiger partial charge on any atom is 0.415 e. The zero-order chi connectivity index (χ0) is 24.5. The molecule has 0 saturated carbocycles. The second-order valence-corrected chi connectivity index (χ2v) is 8.89. The molecule has 3 aromatic heterocycles. The van der Waals surface area contributed by atoms with Crippen molar-refractivity contribution in [2.45, 2.75) is 26.4 Å². The monoisotopic (exact) mass is 480 g/mol. The van der Waals surface area contributed by atoms with Crippen LogP contribution in [0.2, 0.25) is 5.15 Å². The van der Waals surface area contributed by atoms with Gasteiger partial charge >= 0.3 is 6.09 Å².